The summed E-state index contributed by atoms with van der Waals surface area (Å²) in [7, 11) is 0. The predicted molar refractivity (Wildman–Crippen MR) is 74.9 cm³/mol. The first-order valence-electron chi connectivity index (χ1n) is 6.67. The Bertz CT molecular complexity index is 469. The topological polar surface area (TPSA) is 25.2 Å². The van der Waals surface area contributed by atoms with Crippen molar-refractivity contribution >= 4 is 18.1 Å². The van der Waals surface area contributed by atoms with Crippen molar-refractivity contribution in [2.24, 2.45) is 0 Å². The molecule has 1 unspecified atom stereocenters. The monoisotopic (exact) mass is 264 g/mol. The predicted octanol–water partition coefficient (Wildman–Crippen LogP) is 3.01. The van der Waals surface area contributed by atoms with E-state index in [2.05, 4.69) is 11.5 Å². The van der Waals surface area contributed by atoms with E-state index < -0.39 is 0 Å². The maximum absolute atomic E-state index is 11.9. The van der Waals surface area contributed by atoms with Gasteiger partial charge in [0.15, 0.2) is 0 Å². The van der Waals surface area contributed by atoms with Gasteiger partial charge in [0.2, 0.25) is 5.91 Å². The summed E-state index contributed by atoms with van der Waals surface area (Å²) in [5.41, 5.74) is 0. The fraction of sp³-hybridized carbons (Fsp3) is 0.571. The molecule has 1 aromatic rings. The largest absolute Gasteiger partial charge is 0.338 e. The number of unbranched alkanes of at least 4 members (excludes halogenated alkanes) is 1. The normalized spacial score (nSPS) is 19.5. The van der Waals surface area contributed by atoms with Gasteiger partial charge in [0.25, 0.3) is 0 Å². The molecular formula is C14H20N2OS. The summed E-state index contributed by atoms with van der Waals surface area (Å²) in [6.45, 7) is 3.87. The van der Waals surface area contributed by atoms with Crippen LogP contribution < -0.4 is 0 Å². The molecule has 3 nitrogen and oxygen atoms in total. The zero-order valence-electron chi connectivity index (χ0n) is 10.8. The van der Waals surface area contributed by atoms with Crippen molar-refractivity contribution in [1.82, 2.24) is 9.47 Å². The molecule has 0 N–H and O–H groups in total. The zero-order valence-corrected chi connectivity index (χ0v) is 11.7. The Hall–Kier alpha value is -1.16. The van der Waals surface area contributed by atoms with Crippen LogP contribution in [0.25, 0.3) is 0 Å². The van der Waals surface area contributed by atoms with E-state index in [4.69, 9.17) is 12.2 Å². The number of carbonyl (C=O) groups is 1. The summed E-state index contributed by atoms with van der Waals surface area (Å²) < 4.78 is 2.91. The van der Waals surface area contributed by atoms with Crippen molar-refractivity contribution in [3.05, 3.63) is 29.0 Å². The van der Waals surface area contributed by atoms with Crippen LogP contribution in [0, 0.1) is 4.64 Å². The van der Waals surface area contributed by atoms with E-state index in [1.54, 1.807) is 0 Å². The lowest BCUT2D eigenvalue weighted by atomic mass is 10.2. The molecule has 0 saturated carbocycles. The summed E-state index contributed by atoms with van der Waals surface area (Å²) in [6.07, 6.45) is 5.86. The highest BCUT2D eigenvalue weighted by Crippen LogP contribution is 2.21. The highest BCUT2D eigenvalue weighted by Gasteiger charge is 2.30. The van der Waals surface area contributed by atoms with Gasteiger partial charge < -0.3 is 9.47 Å². The number of aromatic nitrogens is 1. The van der Waals surface area contributed by atoms with Gasteiger partial charge in [-0.1, -0.05) is 31.6 Å². The molecule has 2 heterocycles. The van der Waals surface area contributed by atoms with Gasteiger partial charge in [-0.3, -0.25) is 4.79 Å². The first-order chi connectivity index (χ1) is 8.72. The summed E-state index contributed by atoms with van der Waals surface area (Å²) >= 11 is 5.30. The fourth-order valence-electron chi connectivity index (χ4n) is 2.46. The lowest BCUT2D eigenvalue weighted by Gasteiger charge is -2.25. The minimum absolute atomic E-state index is 0.302. The van der Waals surface area contributed by atoms with E-state index in [-0.39, 0.29) is 0 Å². The van der Waals surface area contributed by atoms with Crippen molar-refractivity contribution in [2.45, 2.75) is 45.2 Å². The molecule has 0 radical (unpaired) electrons. The van der Waals surface area contributed by atoms with Crippen molar-refractivity contribution in [3.63, 3.8) is 0 Å². The minimum Gasteiger partial charge on any atom is -0.338 e. The average molecular weight is 264 g/mol. The molecule has 1 atom stereocenters. The van der Waals surface area contributed by atoms with Crippen LogP contribution in [0.5, 0.6) is 0 Å². The van der Waals surface area contributed by atoms with Crippen LogP contribution in [0.1, 0.15) is 32.6 Å². The first-order valence-corrected chi connectivity index (χ1v) is 7.08. The van der Waals surface area contributed by atoms with Gasteiger partial charge in [-0.25, -0.2) is 0 Å². The Morgan fingerprint density at radius 1 is 1.44 bits per heavy atom. The Morgan fingerprint density at radius 2 is 2.28 bits per heavy atom. The molecule has 18 heavy (non-hydrogen) atoms. The first kappa shape index (κ1) is 13.3. The van der Waals surface area contributed by atoms with E-state index in [0.717, 1.165) is 37.0 Å². The Labute approximate surface area is 113 Å². The number of rotatable bonds is 5. The lowest BCUT2D eigenvalue weighted by molar-refractivity contribution is -0.129. The second-order valence-electron chi connectivity index (χ2n) is 4.82. The SMILES string of the molecule is CCCCN1C(=O)CCC1Cn1ccccc1=S. The molecule has 0 aliphatic carbocycles. The van der Waals surface area contributed by atoms with Crippen LogP contribution in [0.15, 0.2) is 24.4 Å². The number of nitrogens with zero attached hydrogens (tertiary/aromatic N) is 2. The fourth-order valence-corrected chi connectivity index (χ4v) is 2.67. The van der Waals surface area contributed by atoms with Crippen LogP contribution in [-0.4, -0.2) is 28.0 Å². The minimum atomic E-state index is 0.302. The number of amides is 1. The van der Waals surface area contributed by atoms with Gasteiger partial charge in [-0.2, -0.15) is 0 Å². The Kier molecular flexibility index (Phi) is 4.53. The number of likely N-dealkylation sites (tertiary alicyclic amines) is 1. The van der Waals surface area contributed by atoms with Crippen LogP contribution >= 0.6 is 12.2 Å². The van der Waals surface area contributed by atoms with Gasteiger partial charge >= 0.3 is 0 Å². The van der Waals surface area contributed by atoms with E-state index in [1.165, 1.54) is 0 Å². The van der Waals surface area contributed by atoms with Crippen LogP contribution in [0.2, 0.25) is 0 Å². The van der Waals surface area contributed by atoms with Crippen LogP contribution in [0.3, 0.4) is 0 Å². The molecule has 4 heteroatoms. The van der Waals surface area contributed by atoms with E-state index >= 15 is 0 Å². The maximum Gasteiger partial charge on any atom is 0.222 e. The van der Waals surface area contributed by atoms with E-state index in [9.17, 15) is 4.79 Å². The molecule has 98 valence electrons. The third kappa shape index (κ3) is 2.99. The smallest absolute Gasteiger partial charge is 0.222 e. The number of hydrogen-bond acceptors (Lipinski definition) is 2. The molecule has 1 saturated heterocycles. The molecule has 1 aromatic heterocycles. The molecule has 1 fully saturated rings. The molecule has 0 bridgehead atoms. The maximum atomic E-state index is 11.9. The van der Waals surface area contributed by atoms with Crippen LogP contribution in [-0.2, 0) is 11.3 Å². The number of hydrogen-bond donors (Lipinski definition) is 0. The summed E-state index contributed by atoms with van der Waals surface area (Å²) in [5.74, 6) is 0.302. The van der Waals surface area contributed by atoms with Gasteiger partial charge in [-0.05, 0) is 25.0 Å². The molecule has 1 aliphatic heterocycles. The van der Waals surface area contributed by atoms with E-state index in [1.807, 2.05) is 29.3 Å². The second-order valence-corrected chi connectivity index (χ2v) is 5.24. The van der Waals surface area contributed by atoms with Gasteiger partial charge in [0.1, 0.15) is 4.64 Å². The zero-order chi connectivity index (χ0) is 13.0. The third-order valence-corrected chi connectivity index (χ3v) is 3.88. The highest BCUT2D eigenvalue weighted by atomic mass is 32.1. The Balaban J connectivity index is 2.06. The molecule has 2 rings (SSSR count). The van der Waals surface area contributed by atoms with Gasteiger partial charge in [-0.15, -0.1) is 0 Å². The summed E-state index contributed by atoms with van der Waals surface area (Å²) in [4.78, 5) is 13.9. The van der Waals surface area contributed by atoms with Crippen LogP contribution in [0.4, 0.5) is 0 Å². The van der Waals surface area contributed by atoms with Gasteiger partial charge in [0.05, 0.1) is 6.04 Å². The average Bonchev–Trinajstić information content (AvgIpc) is 2.71. The third-order valence-electron chi connectivity index (χ3n) is 3.51. The van der Waals surface area contributed by atoms with Crippen molar-refractivity contribution in [3.8, 4) is 0 Å². The van der Waals surface area contributed by atoms with Crippen molar-refractivity contribution in [1.29, 1.82) is 0 Å². The number of pyridine rings is 1. The van der Waals surface area contributed by atoms with Crippen molar-refractivity contribution < 1.29 is 4.79 Å². The summed E-state index contributed by atoms with van der Waals surface area (Å²) in [5, 5.41) is 0. The molecular weight excluding hydrogens is 244 g/mol. The molecule has 0 spiro atoms. The quantitative estimate of drug-likeness (QED) is 0.764. The molecule has 1 amide bonds. The Morgan fingerprint density at radius 3 is 3.00 bits per heavy atom. The van der Waals surface area contributed by atoms with Crippen molar-refractivity contribution in [2.75, 3.05) is 6.54 Å². The highest BCUT2D eigenvalue weighted by molar-refractivity contribution is 7.71. The number of carbonyl (C=O) groups excluding carboxylic acids is 1. The summed E-state index contributed by atoms with van der Waals surface area (Å²) in [6, 6.07) is 6.19. The molecule has 1 aliphatic rings. The lowest BCUT2D eigenvalue weighted by Crippen LogP contribution is -2.36. The van der Waals surface area contributed by atoms with Gasteiger partial charge in [0, 0.05) is 25.7 Å². The standard InChI is InChI=1S/C14H20N2OS/c1-2-3-10-16-12(7-8-13(16)17)11-15-9-5-4-6-14(15)18/h4-6,9,12H,2-3,7-8,10-11H2,1H3. The molecule has 0 aromatic carbocycles. The second kappa shape index (κ2) is 6.14. The van der Waals surface area contributed by atoms with E-state index in [0.29, 0.717) is 18.4 Å².